The van der Waals surface area contributed by atoms with Crippen molar-refractivity contribution in [1.82, 2.24) is 0 Å². The van der Waals surface area contributed by atoms with Crippen molar-refractivity contribution in [3.8, 4) is 5.75 Å². The van der Waals surface area contributed by atoms with Crippen LogP contribution in [0.5, 0.6) is 5.75 Å². The van der Waals surface area contributed by atoms with Crippen molar-refractivity contribution < 1.29 is 19.8 Å². The smallest absolute Gasteiger partial charge is 0.339 e. The molecule has 0 radical (unpaired) electrons. The highest BCUT2D eigenvalue weighted by Crippen LogP contribution is 2.14. The van der Waals surface area contributed by atoms with Crippen molar-refractivity contribution in [2.45, 2.75) is 0 Å². The van der Waals surface area contributed by atoms with Gasteiger partial charge in [-0.05, 0) is 12.1 Å². The second-order valence-electron chi connectivity index (χ2n) is 1.92. The van der Waals surface area contributed by atoms with E-state index in [4.69, 9.17) is 20.4 Å². The van der Waals surface area contributed by atoms with Gasteiger partial charge in [0, 0.05) is 0 Å². The normalized spacial score (nSPS) is 7.69. The number of nitrogens with one attached hydrogen (secondary N) is 1. The van der Waals surface area contributed by atoms with E-state index in [-0.39, 0.29) is 11.3 Å². The van der Waals surface area contributed by atoms with E-state index in [0.717, 1.165) is 6.08 Å². The molecule has 1 rings (SSSR count). The Balaban J connectivity index is 0.000000424. The lowest BCUT2D eigenvalue weighted by Gasteiger charge is -1.95. The molecule has 0 aromatic heterocycles. The molecule has 0 fully saturated rings. The number of carboxylic acid groups (broad SMARTS) is 1. The van der Waals surface area contributed by atoms with Crippen molar-refractivity contribution in [3.63, 3.8) is 0 Å². The van der Waals surface area contributed by atoms with Crippen LogP contribution in [0.15, 0.2) is 24.3 Å². The summed E-state index contributed by atoms with van der Waals surface area (Å²) in [5.41, 5.74) is -0.0671. The van der Waals surface area contributed by atoms with Gasteiger partial charge in [-0.1, -0.05) is 12.1 Å². The van der Waals surface area contributed by atoms with Gasteiger partial charge in [0.1, 0.15) is 11.3 Å². The number of benzene rings is 1. The minimum atomic E-state index is -1.11. The second-order valence-corrected chi connectivity index (χ2v) is 1.92. The van der Waals surface area contributed by atoms with Gasteiger partial charge in [-0.3, -0.25) is 0 Å². The number of rotatable bonds is 1. The van der Waals surface area contributed by atoms with Crippen LogP contribution in [0.25, 0.3) is 0 Å². The molecule has 0 heterocycles. The Bertz CT molecular complexity index is 329. The molecule has 0 atom stereocenters. The van der Waals surface area contributed by atoms with E-state index >= 15 is 0 Å². The van der Waals surface area contributed by atoms with E-state index in [1.54, 1.807) is 12.1 Å². The summed E-state index contributed by atoms with van der Waals surface area (Å²) in [4.78, 5) is 18.6. The number of hydrogen-bond donors (Lipinski definition) is 3. The van der Waals surface area contributed by atoms with Crippen LogP contribution >= 0.6 is 0 Å². The number of carbonyl (C=O) groups is 1. The predicted octanol–water partition coefficient (Wildman–Crippen LogP) is 0.991. The number of phenols is 1. The zero-order chi connectivity index (χ0) is 10.3. The maximum absolute atomic E-state index is 10.3. The molecule has 1 aromatic carbocycles. The Labute approximate surface area is 73.8 Å². The molecule has 0 bridgehead atoms. The van der Waals surface area contributed by atoms with Crippen LogP contribution in [0, 0.1) is 5.41 Å². The van der Waals surface area contributed by atoms with E-state index in [9.17, 15) is 4.79 Å². The van der Waals surface area contributed by atoms with Crippen LogP contribution in [0.4, 0.5) is 0 Å². The zero-order valence-electron chi connectivity index (χ0n) is 6.52. The summed E-state index contributed by atoms with van der Waals surface area (Å²) in [6.45, 7) is 0. The number of aromatic carboxylic acids is 1. The van der Waals surface area contributed by atoms with Crippen LogP contribution in [-0.4, -0.2) is 22.3 Å². The first kappa shape index (κ1) is 10.9. The molecular formula is C8H7NO4. The molecular weight excluding hydrogens is 174 g/mol. The number of isocyanates is 1. The fourth-order valence-electron chi connectivity index (χ4n) is 0.654. The number of carbonyl (C=O) groups excluding carboxylic acids is 1. The van der Waals surface area contributed by atoms with Gasteiger partial charge in [0.2, 0.25) is 6.08 Å². The SMILES string of the molecule is N=C=O.O=C(O)c1ccccc1O. The highest BCUT2D eigenvalue weighted by molar-refractivity contribution is 5.90. The molecule has 0 amide bonds. The van der Waals surface area contributed by atoms with E-state index in [0.29, 0.717) is 0 Å². The third kappa shape index (κ3) is 3.69. The minimum absolute atomic E-state index is 0.0671. The molecule has 0 saturated heterocycles. The standard InChI is InChI=1S/C7H6O3.CHNO/c8-6-4-2-1-3-5(6)7(9)10;2-1-3/h1-4,8H,(H,9,10);2H. The first-order valence-corrected chi connectivity index (χ1v) is 3.18. The monoisotopic (exact) mass is 181 g/mol. The van der Waals surface area contributed by atoms with Crippen LogP contribution in [0.3, 0.4) is 0 Å². The van der Waals surface area contributed by atoms with Crippen molar-refractivity contribution in [2.75, 3.05) is 0 Å². The van der Waals surface area contributed by atoms with Gasteiger partial charge in [0.25, 0.3) is 0 Å². The van der Waals surface area contributed by atoms with Gasteiger partial charge in [-0.25, -0.2) is 15.0 Å². The topological polar surface area (TPSA) is 98.5 Å². The molecule has 0 saturated carbocycles. The number of para-hydroxylation sites is 1. The average Bonchev–Trinajstić information content (AvgIpc) is 2.06. The van der Waals surface area contributed by atoms with Gasteiger partial charge in [-0.15, -0.1) is 0 Å². The maximum atomic E-state index is 10.3. The summed E-state index contributed by atoms with van der Waals surface area (Å²) in [6, 6.07) is 5.81. The number of carboxylic acids is 1. The summed E-state index contributed by atoms with van der Waals surface area (Å²) in [5.74, 6) is -1.31. The van der Waals surface area contributed by atoms with E-state index in [1.807, 2.05) is 0 Å². The van der Waals surface area contributed by atoms with E-state index in [2.05, 4.69) is 0 Å². The lowest BCUT2D eigenvalue weighted by molar-refractivity contribution is 0.0693. The van der Waals surface area contributed by atoms with Crippen molar-refractivity contribution in [1.29, 1.82) is 5.41 Å². The maximum Gasteiger partial charge on any atom is 0.339 e. The molecule has 68 valence electrons. The predicted molar refractivity (Wildman–Crippen MR) is 43.5 cm³/mol. The Morgan fingerprint density at radius 3 is 2.15 bits per heavy atom. The van der Waals surface area contributed by atoms with Gasteiger partial charge in [-0.2, -0.15) is 0 Å². The molecule has 5 heteroatoms. The van der Waals surface area contributed by atoms with Crippen LogP contribution < -0.4 is 0 Å². The Morgan fingerprint density at radius 2 is 1.85 bits per heavy atom. The van der Waals surface area contributed by atoms with E-state index < -0.39 is 5.97 Å². The molecule has 3 N–H and O–H groups in total. The summed E-state index contributed by atoms with van der Waals surface area (Å²) in [5, 5.41) is 22.7. The van der Waals surface area contributed by atoms with Gasteiger partial charge in [0.15, 0.2) is 0 Å². The molecule has 0 aliphatic heterocycles. The van der Waals surface area contributed by atoms with Crippen molar-refractivity contribution in [3.05, 3.63) is 29.8 Å². The van der Waals surface area contributed by atoms with Crippen LogP contribution in [0.2, 0.25) is 0 Å². The highest BCUT2D eigenvalue weighted by Gasteiger charge is 2.05. The van der Waals surface area contributed by atoms with Crippen molar-refractivity contribution in [2.24, 2.45) is 0 Å². The summed E-state index contributed by atoms with van der Waals surface area (Å²) < 4.78 is 0. The van der Waals surface area contributed by atoms with Crippen molar-refractivity contribution >= 4 is 12.0 Å². The molecule has 13 heavy (non-hydrogen) atoms. The molecule has 1 aromatic rings. The minimum Gasteiger partial charge on any atom is -0.507 e. The average molecular weight is 181 g/mol. The van der Waals surface area contributed by atoms with Crippen LogP contribution in [0.1, 0.15) is 10.4 Å². The highest BCUT2D eigenvalue weighted by atomic mass is 16.4. The molecule has 5 nitrogen and oxygen atoms in total. The molecule has 0 spiro atoms. The fourth-order valence-corrected chi connectivity index (χ4v) is 0.654. The fraction of sp³-hybridized carbons (Fsp3) is 0. The third-order valence-corrected chi connectivity index (χ3v) is 1.13. The molecule has 0 unspecified atom stereocenters. The number of hydrogen-bond acceptors (Lipinski definition) is 4. The summed E-state index contributed by atoms with van der Waals surface area (Å²) >= 11 is 0. The molecule has 0 aliphatic rings. The quantitative estimate of drug-likeness (QED) is 0.444. The van der Waals surface area contributed by atoms with Gasteiger partial charge in [0.05, 0.1) is 0 Å². The molecule has 0 aliphatic carbocycles. The second kappa shape index (κ2) is 5.51. The Morgan fingerprint density at radius 1 is 1.38 bits per heavy atom. The Hall–Kier alpha value is -2.13. The lowest BCUT2D eigenvalue weighted by atomic mass is 10.2. The van der Waals surface area contributed by atoms with Gasteiger partial charge < -0.3 is 10.2 Å². The lowest BCUT2D eigenvalue weighted by Crippen LogP contribution is -1.95. The number of aromatic hydroxyl groups is 1. The zero-order valence-corrected chi connectivity index (χ0v) is 6.52. The summed E-state index contributed by atoms with van der Waals surface area (Å²) in [6.07, 6.45) is 0.750. The largest absolute Gasteiger partial charge is 0.507 e. The van der Waals surface area contributed by atoms with Crippen LogP contribution in [-0.2, 0) is 4.79 Å². The Kier molecular flexibility index (Phi) is 4.61. The first-order valence-electron chi connectivity index (χ1n) is 3.18. The first-order chi connectivity index (χ1) is 6.13. The third-order valence-electron chi connectivity index (χ3n) is 1.13. The summed E-state index contributed by atoms with van der Waals surface area (Å²) in [7, 11) is 0. The van der Waals surface area contributed by atoms with E-state index in [1.165, 1.54) is 12.1 Å². The van der Waals surface area contributed by atoms with Gasteiger partial charge >= 0.3 is 5.97 Å².